The minimum Gasteiger partial charge on any atom is -0.508 e. The zero-order valence-electron chi connectivity index (χ0n) is 15.7. The number of fused-ring (bicyclic) bond motifs is 1. The Morgan fingerprint density at radius 1 is 1.11 bits per heavy atom. The van der Waals surface area contributed by atoms with Crippen LogP contribution >= 0.6 is 0 Å². The van der Waals surface area contributed by atoms with Gasteiger partial charge in [0.15, 0.2) is 11.2 Å². The summed E-state index contributed by atoms with van der Waals surface area (Å²) in [5.41, 5.74) is 0.328. The molecule has 3 aromatic rings. The van der Waals surface area contributed by atoms with Crippen molar-refractivity contribution in [3.05, 3.63) is 50.9 Å². The molecule has 28 heavy (non-hydrogen) atoms. The van der Waals surface area contributed by atoms with Crippen molar-refractivity contribution in [3.63, 3.8) is 0 Å². The lowest BCUT2D eigenvalue weighted by molar-refractivity contribution is 0.174. The van der Waals surface area contributed by atoms with Crippen LogP contribution in [-0.4, -0.2) is 47.1 Å². The van der Waals surface area contributed by atoms with Crippen LogP contribution in [-0.2, 0) is 20.6 Å². The van der Waals surface area contributed by atoms with Gasteiger partial charge in [0.25, 0.3) is 5.56 Å². The van der Waals surface area contributed by atoms with Gasteiger partial charge in [-0.05, 0) is 30.7 Å². The molecule has 10 heteroatoms. The number of aliphatic hydroxyl groups is 1. The first kappa shape index (κ1) is 19.6. The Kier molecular flexibility index (Phi) is 5.52. The maximum atomic E-state index is 12.4. The molecule has 0 saturated carbocycles. The third kappa shape index (κ3) is 3.78. The number of rotatable bonds is 7. The molecular weight excluding hydrogens is 366 g/mol. The molecule has 0 saturated heterocycles. The fourth-order valence-corrected chi connectivity index (χ4v) is 3.11. The molecule has 10 nitrogen and oxygen atoms in total. The standard InChI is InChI=1S/C18H23N5O5/c1-21-16-15(17(27)22(2)18(21)28)23(10-20-16)5-3-4-19-9-14(26)11-6-12(24)8-13(25)7-11/h6-8,10,14,19,24-26H,3-5,9H2,1-2H3/t14-/m0/s1. The minimum atomic E-state index is -0.881. The summed E-state index contributed by atoms with van der Waals surface area (Å²) in [5.74, 6) is -0.228. The van der Waals surface area contributed by atoms with E-state index in [1.165, 1.54) is 36.1 Å². The van der Waals surface area contributed by atoms with Crippen LogP contribution < -0.4 is 16.6 Å². The lowest BCUT2D eigenvalue weighted by Crippen LogP contribution is -2.37. The fourth-order valence-electron chi connectivity index (χ4n) is 3.11. The number of aryl methyl sites for hydroxylation is 2. The highest BCUT2D eigenvalue weighted by Gasteiger charge is 2.14. The summed E-state index contributed by atoms with van der Waals surface area (Å²) in [5, 5.41) is 32.2. The Hall–Kier alpha value is -3.11. The Bertz CT molecular complexity index is 1090. The number of hydrogen-bond donors (Lipinski definition) is 4. The topological polar surface area (TPSA) is 135 Å². The van der Waals surface area contributed by atoms with Gasteiger partial charge in [-0.25, -0.2) is 9.78 Å². The highest BCUT2D eigenvalue weighted by Crippen LogP contribution is 2.24. The van der Waals surface area contributed by atoms with E-state index in [1.54, 1.807) is 11.6 Å². The van der Waals surface area contributed by atoms with Crippen LogP contribution in [0.25, 0.3) is 11.2 Å². The summed E-state index contributed by atoms with van der Waals surface area (Å²) in [6.07, 6.45) is 1.32. The van der Waals surface area contributed by atoms with E-state index in [1.807, 2.05) is 0 Å². The predicted molar refractivity (Wildman–Crippen MR) is 102 cm³/mol. The van der Waals surface area contributed by atoms with Gasteiger partial charge in [0, 0.05) is 33.3 Å². The Morgan fingerprint density at radius 3 is 2.46 bits per heavy atom. The summed E-state index contributed by atoms with van der Waals surface area (Å²) in [6.45, 7) is 1.32. The molecule has 150 valence electrons. The van der Waals surface area contributed by atoms with Crippen molar-refractivity contribution >= 4 is 11.2 Å². The average molecular weight is 389 g/mol. The van der Waals surface area contributed by atoms with Gasteiger partial charge >= 0.3 is 5.69 Å². The number of phenols is 2. The second-order valence-corrected chi connectivity index (χ2v) is 6.67. The third-order valence-corrected chi connectivity index (χ3v) is 4.62. The summed E-state index contributed by atoms with van der Waals surface area (Å²) in [6, 6.07) is 3.98. The van der Waals surface area contributed by atoms with E-state index < -0.39 is 11.8 Å². The van der Waals surface area contributed by atoms with E-state index in [4.69, 9.17) is 0 Å². The number of phenolic OH excluding ortho intramolecular Hbond substituents is 2. The van der Waals surface area contributed by atoms with Crippen molar-refractivity contribution in [2.45, 2.75) is 19.1 Å². The monoisotopic (exact) mass is 389 g/mol. The van der Waals surface area contributed by atoms with Gasteiger partial charge in [0.05, 0.1) is 12.4 Å². The van der Waals surface area contributed by atoms with Crippen LogP contribution in [0.1, 0.15) is 18.1 Å². The molecule has 3 rings (SSSR count). The van der Waals surface area contributed by atoms with E-state index in [0.717, 1.165) is 4.57 Å². The van der Waals surface area contributed by atoms with Crippen LogP contribution in [0.2, 0.25) is 0 Å². The quantitative estimate of drug-likeness (QED) is 0.402. The number of hydrogen-bond acceptors (Lipinski definition) is 7. The summed E-state index contributed by atoms with van der Waals surface area (Å²) >= 11 is 0. The SMILES string of the molecule is Cn1c(=O)c2c(ncn2CCCNC[C@H](O)c2cc(O)cc(O)c2)n(C)c1=O. The van der Waals surface area contributed by atoms with Crippen molar-refractivity contribution in [2.75, 3.05) is 13.1 Å². The highest BCUT2D eigenvalue weighted by molar-refractivity contribution is 5.69. The maximum Gasteiger partial charge on any atom is 0.332 e. The van der Waals surface area contributed by atoms with Crippen LogP contribution in [0.5, 0.6) is 11.5 Å². The number of aromatic hydroxyl groups is 2. The first-order chi connectivity index (χ1) is 13.3. The molecule has 2 aromatic heterocycles. The predicted octanol–water partition coefficient (Wildman–Crippen LogP) is -0.442. The smallest absolute Gasteiger partial charge is 0.332 e. The number of imidazole rings is 1. The number of aliphatic hydroxyl groups excluding tert-OH is 1. The van der Waals surface area contributed by atoms with E-state index >= 15 is 0 Å². The van der Waals surface area contributed by atoms with Crippen LogP contribution in [0.15, 0.2) is 34.1 Å². The third-order valence-electron chi connectivity index (χ3n) is 4.62. The van der Waals surface area contributed by atoms with E-state index in [-0.39, 0.29) is 23.6 Å². The van der Waals surface area contributed by atoms with Gasteiger partial charge in [-0.1, -0.05) is 0 Å². The van der Waals surface area contributed by atoms with Crippen LogP contribution in [0.3, 0.4) is 0 Å². The molecule has 0 aliphatic rings. The normalized spacial score (nSPS) is 12.5. The van der Waals surface area contributed by atoms with Gasteiger partial charge in [-0.2, -0.15) is 0 Å². The molecule has 0 bridgehead atoms. The van der Waals surface area contributed by atoms with Gasteiger partial charge in [-0.3, -0.25) is 13.9 Å². The zero-order chi connectivity index (χ0) is 20.4. The number of benzene rings is 1. The average Bonchev–Trinajstić information content (AvgIpc) is 3.07. The number of nitrogens with one attached hydrogen (secondary N) is 1. The lowest BCUT2D eigenvalue weighted by Gasteiger charge is -2.13. The van der Waals surface area contributed by atoms with Crippen LogP contribution in [0.4, 0.5) is 0 Å². The largest absolute Gasteiger partial charge is 0.508 e. The number of nitrogens with zero attached hydrogens (tertiary/aromatic N) is 4. The molecule has 2 heterocycles. The molecule has 1 atom stereocenters. The second kappa shape index (κ2) is 7.87. The van der Waals surface area contributed by atoms with E-state index in [2.05, 4.69) is 10.3 Å². The molecule has 0 aliphatic heterocycles. The molecule has 0 spiro atoms. The zero-order valence-corrected chi connectivity index (χ0v) is 15.7. The molecule has 1 aromatic carbocycles. The van der Waals surface area contributed by atoms with E-state index in [9.17, 15) is 24.9 Å². The van der Waals surface area contributed by atoms with Crippen molar-refractivity contribution in [2.24, 2.45) is 14.1 Å². The van der Waals surface area contributed by atoms with Gasteiger partial charge in [0.2, 0.25) is 0 Å². The first-order valence-corrected chi connectivity index (χ1v) is 8.82. The van der Waals surface area contributed by atoms with Crippen molar-refractivity contribution < 1.29 is 15.3 Å². The molecule has 0 radical (unpaired) electrons. The molecular formula is C18H23N5O5. The van der Waals surface area contributed by atoms with Gasteiger partial charge < -0.3 is 25.2 Å². The van der Waals surface area contributed by atoms with Gasteiger partial charge in [0.1, 0.15) is 11.5 Å². The first-order valence-electron chi connectivity index (χ1n) is 8.82. The summed E-state index contributed by atoms with van der Waals surface area (Å²) < 4.78 is 4.11. The lowest BCUT2D eigenvalue weighted by atomic mass is 10.1. The maximum absolute atomic E-state index is 12.4. The van der Waals surface area contributed by atoms with Crippen molar-refractivity contribution in [1.82, 2.24) is 24.0 Å². The molecule has 0 amide bonds. The number of aromatic nitrogens is 4. The fraction of sp³-hybridized carbons (Fsp3) is 0.389. The Balaban J connectivity index is 1.59. The molecule has 0 unspecified atom stereocenters. The minimum absolute atomic E-state index is 0.114. The highest BCUT2D eigenvalue weighted by atomic mass is 16.3. The van der Waals surface area contributed by atoms with Crippen molar-refractivity contribution in [1.29, 1.82) is 0 Å². The van der Waals surface area contributed by atoms with Crippen LogP contribution in [0, 0.1) is 0 Å². The summed E-state index contributed by atoms with van der Waals surface area (Å²) in [7, 11) is 3.01. The van der Waals surface area contributed by atoms with Gasteiger partial charge in [-0.15, -0.1) is 0 Å². The molecule has 4 N–H and O–H groups in total. The summed E-state index contributed by atoms with van der Waals surface area (Å²) in [4.78, 5) is 28.5. The Morgan fingerprint density at radius 2 is 1.79 bits per heavy atom. The van der Waals surface area contributed by atoms with Crippen molar-refractivity contribution in [3.8, 4) is 11.5 Å². The Labute approximate surface area is 159 Å². The molecule has 0 fully saturated rings. The van der Waals surface area contributed by atoms with E-state index in [0.29, 0.717) is 36.2 Å². The second-order valence-electron chi connectivity index (χ2n) is 6.67. The molecule has 0 aliphatic carbocycles.